The van der Waals surface area contributed by atoms with Crippen molar-refractivity contribution in [3.05, 3.63) is 161 Å². The first-order valence-corrected chi connectivity index (χ1v) is 17.7. The fourth-order valence-corrected chi connectivity index (χ4v) is 7.64. The molecule has 0 saturated carbocycles. The lowest BCUT2D eigenvalue weighted by molar-refractivity contribution is -0.139. The van der Waals surface area contributed by atoms with Crippen molar-refractivity contribution in [3.8, 4) is 0 Å². The van der Waals surface area contributed by atoms with E-state index in [-0.39, 0.29) is 25.0 Å². The van der Waals surface area contributed by atoms with Crippen molar-refractivity contribution in [1.82, 2.24) is 15.0 Å². The largest absolute Gasteiger partial charge is 0.395 e. The van der Waals surface area contributed by atoms with Crippen LogP contribution in [-0.4, -0.2) is 43.6 Å². The van der Waals surface area contributed by atoms with Gasteiger partial charge in [-0.05, 0) is 65.4 Å². The van der Waals surface area contributed by atoms with Gasteiger partial charge in [-0.1, -0.05) is 103 Å². The summed E-state index contributed by atoms with van der Waals surface area (Å²) in [6, 6.07) is 34.2. The number of hydrogen-bond donors (Lipinski definition) is 2. The van der Waals surface area contributed by atoms with Gasteiger partial charge in [0.1, 0.15) is 0 Å². The van der Waals surface area contributed by atoms with Crippen molar-refractivity contribution in [3.63, 3.8) is 0 Å². The van der Waals surface area contributed by atoms with Crippen LogP contribution in [0.2, 0.25) is 5.02 Å². The summed E-state index contributed by atoms with van der Waals surface area (Å²) in [5.41, 5.74) is 4.00. The second kappa shape index (κ2) is 13.5. The van der Waals surface area contributed by atoms with Gasteiger partial charge in [-0.3, -0.25) is 19.2 Å². The van der Waals surface area contributed by atoms with Crippen molar-refractivity contribution < 1.29 is 19.8 Å². The molecular weight excluding hydrogens is 674 g/mol. The van der Waals surface area contributed by atoms with E-state index in [9.17, 15) is 19.8 Å². The lowest BCUT2D eigenvalue weighted by atomic mass is 9.83. The van der Waals surface area contributed by atoms with Gasteiger partial charge in [-0.2, -0.15) is 0 Å². The molecule has 260 valence electrons. The van der Waals surface area contributed by atoms with E-state index in [4.69, 9.17) is 11.6 Å². The maximum Gasteiger partial charge on any atom is 0.264 e. The van der Waals surface area contributed by atoms with Crippen LogP contribution in [0.15, 0.2) is 128 Å². The summed E-state index contributed by atoms with van der Waals surface area (Å²) in [5.74, 6) is -1.34. The first-order valence-electron chi connectivity index (χ1n) is 17.3. The van der Waals surface area contributed by atoms with Crippen LogP contribution in [0, 0.1) is 5.92 Å². The van der Waals surface area contributed by atoms with E-state index in [1.807, 2.05) is 116 Å². The Balaban J connectivity index is 0.971. The molecule has 3 heterocycles. The molecule has 0 spiro atoms. The Morgan fingerprint density at radius 2 is 1.67 bits per heavy atom. The van der Waals surface area contributed by atoms with E-state index in [1.54, 1.807) is 32.7 Å². The summed E-state index contributed by atoms with van der Waals surface area (Å²) in [7, 11) is 0. The van der Waals surface area contributed by atoms with Crippen LogP contribution >= 0.6 is 11.6 Å². The Labute approximate surface area is 306 Å². The van der Waals surface area contributed by atoms with Gasteiger partial charge in [0.15, 0.2) is 5.60 Å². The molecule has 1 aromatic heterocycles. The minimum absolute atomic E-state index is 0.0726. The third-order valence-electron chi connectivity index (χ3n) is 10.2. The zero-order chi connectivity index (χ0) is 36.0. The Hall–Kier alpha value is -5.61. The molecule has 10 heteroatoms. The summed E-state index contributed by atoms with van der Waals surface area (Å²) in [4.78, 5) is 30.9. The molecule has 2 N–H and O–H groups in total. The van der Waals surface area contributed by atoms with Crippen molar-refractivity contribution in [2.24, 2.45) is 5.92 Å². The third-order valence-corrected chi connectivity index (χ3v) is 10.5. The van der Waals surface area contributed by atoms with Gasteiger partial charge in [0.2, 0.25) is 0 Å². The first-order chi connectivity index (χ1) is 25.3. The average Bonchev–Trinajstić information content (AvgIpc) is 3.81. The number of hydrogen-bond acceptors (Lipinski definition) is 6. The summed E-state index contributed by atoms with van der Waals surface area (Å²) in [6.45, 7) is 2.50. The minimum Gasteiger partial charge on any atom is -0.395 e. The molecule has 5 aromatic carbocycles. The van der Waals surface area contributed by atoms with E-state index >= 15 is 0 Å². The predicted molar refractivity (Wildman–Crippen MR) is 202 cm³/mol. The van der Waals surface area contributed by atoms with Gasteiger partial charge in [0.25, 0.3) is 11.8 Å². The molecule has 1 unspecified atom stereocenters. The highest BCUT2D eigenvalue weighted by molar-refractivity contribution is 6.31. The lowest BCUT2D eigenvalue weighted by Crippen LogP contribution is -2.44. The molecule has 0 bridgehead atoms. The van der Waals surface area contributed by atoms with E-state index in [1.165, 1.54) is 0 Å². The second-order valence-corrected chi connectivity index (χ2v) is 13.8. The number of nitrogens with zero attached hydrogens (tertiary/aromatic N) is 5. The van der Waals surface area contributed by atoms with E-state index in [2.05, 4.69) is 10.3 Å². The number of rotatable bonds is 11. The Kier molecular flexibility index (Phi) is 8.71. The topological polar surface area (TPSA) is 112 Å². The van der Waals surface area contributed by atoms with Crippen LogP contribution in [0.4, 0.5) is 17.1 Å². The predicted octanol–water partition coefficient (Wildman–Crippen LogP) is 7.52. The second-order valence-electron chi connectivity index (χ2n) is 13.4. The molecule has 2 amide bonds. The number of carbonyl (C=O) groups excluding carboxylic acids is 2. The Morgan fingerprint density at radius 1 is 0.904 bits per heavy atom. The minimum atomic E-state index is -1.83. The maximum atomic E-state index is 14.2. The SMILES string of the molecule is C[C@@H](/C=C/CCn1cc(C(CO)c2ccccc2)nn1)[C@]1(O)C(=O)N(Cc2ccc(N3C(=O)c4cccc5cccc3c45)cc2)c2ccc(Cl)cc21. The first kappa shape index (κ1) is 33.5. The standard InChI is InChI=1S/C42H36ClN5O4/c1-27(9-5-6-22-46-25-36(44-45-46)34(26-49)29-10-3-2-4-11-29)42(52)35-23-31(43)18-21-37(35)47(41(42)51)24-28-16-19-32(20-17-28)48-38-15-8-13-30-12-7-14-33(39(30)38)40(48)50/h2-5,7-21,23,25,27,34,49,52H,6,22,24,26H2,1H3/b9-5+/t27-,34?,42+/m0/s1. The number of aryl methyl sites for hydroxylation is 1. The molecular formula is C42H36ClN5O4. The Bertz CT molecular complexity index is 2340. The van der Waals surface area contributed by atoms with Crippen molar-refractivity contribution in [2.45, 2.75) is 38.0 Å². The number of carbonyl (C=O) groups is 2. The zero-order valence-electron chi connectivity index (χ0n) is 28.4. The normalized spacial score (nSPS) is 17.8. The highest BCUT2D eigenvalue weighted by Crippen LogP contribution is 2.47. The molecule has 0 saturated heterocycles. The number of halogens is 1. The van der Waals surface area contributed by atoms with Gasteiger partial charge in [0.05, 0.1) is 41.7 Å². The number of amides is 2. The summed E-state index contributed by atoms with van der Waals surface area (Å²) in [5, 5.41) is 33.1. The molecule has 6 aromatic rings. The zero-order valence-corrected chi connectivity index (χ0v) is 29.2. The van der Waals surface area contributed by atoms with E-state index in [0.717, 1.165) is 33.3 Å². The van der Waals surface area contributed by atoms with Crippen molar-refractivity contribution in [2.75, 3.05) is 16.4 Å². The monoisotopic (exact) mass is 709 g/mol. The van der Waals surface area contributed by atoms with Crippen LogP contribution < -0.4 is 9.80 Å². The number of aliphatic hydroxyl groups is 2. The van der Waals surface area contributed by atoms with Gasteiger partial charge >= 0.3 is 0 Å². The third kappa shape index (κ3) is 5.67. The quantitative estimate of drug-likeness (QED) is 0.135. The summed E-state index contributed by atoms with van der Waals surface area (Å²) in [6.07, 6.45) is 6.21. The highest BCUT2D eigenvalue weighted by Gasteiger charge is 2.52. The fourth-order valence-electron chi connectivity index (χ4n) is 7.47. The van der Waals surface area contributed by atoms with Gasteiger partial charge in [-0.25, -0.2) is 0 Å². The Morgan fingerprint density at radius 3 is 2.44 bits per heavy atom. The molecule has 2 aliphatic heterocycles. The molecule has 2 aliphatic rings. The van der Waals surface area contributed by atoms with E-state index in [0.29, 0.717) is 40.5 Å². The number of aliphatic hydroxyl groups excluding tert-OH is 1. The number of anilines is 3. The molecule has 3 atom stereocenters. The van der Waals surface area contributed by atoms with Crippen LogP contribution in [-0.2, 0) is 23.5 Å². The van der Waals surface area contributed by atoms with Crippen LogP contribution in [0.3, 0.4) is 0 Å². The lowest BCUT2D eigenvalue weighted by Gasteiger charge is -2.28. The smallest absolute Gasteiger partial charge is 0.264 e. The molecule has 0 radical (unpaired) electrons. The van der Waals surface area contributed by atoms with Crippen molar-refractivity contribution >= 4 is 51.2 Å². The number of allylic oxidation sites excluding steroid dienone is 1. The van der Waals surface area contributed by atoms with Crippen LogP contribution in [0.5, 0.6) is 0 Å². The van der Waals surface area contributed by atoms with Gasteiger partial charge in [-0.15, -0.1) is 5.10 Å². The number of benzene rings is 5. The number of aromatic nitrogens is 3. The summed E-state index contributed by atoms with van der Waals surface area (Å²) >= 11 is 6.41. The molecule has 0 fully saturated rings. The van der Waals surface area contributed by atoms with Crippen molar-refractivity contribution in [1.29, 1.82) is 0 Å². The highest BCUT2D eigenvalue weighted by atomic mass is 35.5. The molecule has 9 nitrogen and oxygen atoms in total. The maximum absolute atomic E-state index is 14.2. The average molecular weight is 710 g/mol. The molecule has 52 heavy (non-hydrogen) atoms. The van der Waals surface area contributed by atoms with Gasteiger partial charge in [0, 0.05) is 40.3 Å². The summed E-state index contributed by atoms with van der Waals surface area (Å²) < 4.78 is 1.73. The van der Waals surface area contributed by atoms with Crippen LogP contribution in [0.25, 0.3) is 10.8 Å². The molecule has 8 rings (SSSR count). The van der Waals surface area contributed by atoms with E-state index < -0.39 is 17.4 Å². The van der Waals surface area contributed by atoms with Gasteiger partial charge < -0.3 is 15.1 Å². The van der Waals surface area contributed by atoms with Crippen LogP contribution in [0.1, 0.15) is 52.0 Å². The molecule has 0 aliphatic carbocycles. The fraction of sp³-hybridized carbons (Fsp3) is 0.190. The number of fused-ring (bicyclic) bond motifs is 1.